The number of nitrogens with zero attached hydrogens (tertiary/aromatic N) is 3. The summed E-state index contributed by atoms with van der Waals surface area (Å²) in [6, 6.07) is 11.0. The van der Waals surface area contributed by atoms with Crippen LogP contribution in [0.5, 0.6) is 11.5 Å². The van der Waals surface area contributed by atoms with Gasteiger partial charge in [-0.2, -0.15) is 0 Å². The van der Waals surface area contributed by atoms with Crippen molar-refractivity contribution in [2.75, 3.05) is 40.4 Å². The minimum Gasteiger partial charge on any atom is -0.493 e. The highest BCUT2D eigenvalue weighted by Gasteiger charge is 2.29. The fraction of sp³-hybridized carbons (Fsp3) is 0.381. The Morgan fingerprint density at radius 1 is 1.07 bits per heavy atom. The molecule has 0 radical (unpaired) electrons. The molecule has 1 fully saturated rings. The molecule has 2 aromatic rings. The largest absolute Gasteiger partial charge is 0.493 e. The quantitative estimate of drug-likeness (QED) is 0.549. The summed E-state index contributed by atoms with van der Waals surface area (Å²) in [7, 11) is 2.83. The van der Waals surface area contributed by atoms with Crippen molar-refractivity contribution in [2.24, 2.45) is 0 Å². The maximum Gasteiger partial charge on any atom is 0.286 e. The van der Waals surface area contributed by atoms with Gasteiger partial charge in [0.25, 0.3) is 11.6 Å². The number of ether oxygens (including phenoxy) is 2. The molecule has 154 valence electrons. The summed E-state index contributed by atoms with van der Waals surface area (Å²) in [6.07, 6.45) is 0. The molecule has 0 N–H and O–H groups in total. The van der Waals surface area contributed by atoms with E-state index in [0.717, 1.165) is 6.54 Å². The molecule has 0 spiro atoms. The number of nitro groups is 1. The van der Waals surface area contributed by atoms with Gasteiger partial charge >= 0.3 is 0 Å². The van der Waals surface area contributed by atoms with Crippen molar-refractivity contribution in [3.63, 3.8) is 0 Å². The van der Waals surface area contributed by atoms with Crippen LogP contribution in [0.2, 0.25) is 0 Å². The molecule has 8 nitrogen and oxygen atoms in total. The van der Waals surface area contributed by atoms with Crippen molar-refractivity contribution in [1.82, 2.24) is 9.80 Å². The topological polar surface area (TPSA) is 85.2 Å². The Kier molecular flexibility index (Phi) is 6.33. The van der Waals surface area contributed by atoms with Crippen molar-refractivity contribution in [1.29, 1.82) is 0 Å². The van der Waals surface area contributed by atoms with Crippen molar-refractivity contribution < 1.29 is 19.2 Å². The first-order valence-corrected chi connectivity index (χ1v) is 9.40. The van der Waals surface area contributed by atoms with E-state index in [1.165, 1.54) is 37.5 Å². The lowest BCUT2D eigenvalue weighted by Crippen LogP contribution is -2.48. The number of carbonyl (C=O) groups is 1. The molecule has 0 saturated carbocycles. The van der Waals surface area contributed by atoms with Crippen LogP contribution in [-0.4, -0.2) is 61.0 Å². The van der Waals surface area contributed by atoms with E-state index in [2.05, 4.69) is 30.0 Å². The van der Waals surface area contributed by atoms with Crippen LogP contribution in [0.15, 0.2) is 36.4 Å². The third-order valence-corrected chi connectivity index (χ3v) is 5.08. The Morgan fingerprint density at radius 2 is 1.72 bits per heavy atom. The first-order chi connectivity index (χ1) is 13.9. The second kappa shape index (κ2) is 8.91. The standard InChI is InChI=1S/C21H25N3O5/c1-15-5-4-6-16(11-15)14-22-7-9-23(10-8-22)21(25)17-12-19(28-2)20(29-3)13-18(17)24(26)27/h4-6,11-13H,7-10,14H2,1-3H3. The second-order valence-corrected chi connectivity index (χ2v) is 7.04. The van der Waals surface area contributed by atoms with E-state index in [1.807, 2.05) is 6.07 Å². The number of rotatable bonds is 6. The molecule has 1 saturated heterocycles. The minimum atomic E-state index is -0.566. The average molecular weight is 399 g/mol. The van der Waals surface area contributed by atoms with Gasteiger partial charge in [0, 0.05) is 38.8 Å². The van der Waals surface area contributed by atoms with Crippen LogP contribution in [0.1, 0.15) is 21.5 Å². The van der Waals surface area contributed by atoms with Gasteiger partial charge in [-0.25, -0.2) is 0 Å². The summed E-state index contributed by atoms with van der Waals surface area (Å²) in [5.41, 5.74) is 2.19. The summed E-state index contributed by atoms with van der Waals surface area (Å²) in [5.74, 6) is 0.145. The lowest BCUT2D eigenvalue weighted by atomic mass is 10.1. The van der Waals surface area contributed by atoms with Crippen molar-refractivity contribution in [2.45, 2.75) is 13.5 Å². The Labute approximate surface area is 169 Å². The lowest BCUT2D eigenvalue weighted by Gasteiger charge is -2.34. The van der Waals surface area contributed by atoms with E-state index >= 15 is 0 Å². The molecule has 1 aliphatic rings. The van der Waals surface area contributed by atoms with E-state index in [-0.39, 0.29) is 22.9 Å². The van der Waals surface area contributed by atoms with Gasteiger partial charge in [-0.3, -0.25) is 19.8 Å². The molecule has 29 heavy (non-hydrogen) atoms. The molecule has 2 aromatic carbocycles. The van der Waals surface area contributed by atoms with E-state index in [4.69, 9.17) is 9.47 Å². The van der Waals surface area contributed by atoms with Crippen molar-refractivity contribution in [3.05, 3.63) is 63.2 Å². The predicted octanol–water partition coefficient (Wildman–Crippen LogP) is 2.88. The smallest absolute Gasteiger partial charge is 0.286 e. The number of piperazine rings is 1. The summed E-state index contributed by atoms with van der Waals surface area (Å²) < 4.78 is 10.3. The van der Waals surface area contributed by atoms with Crippen LogP contribution in [0.3, 0.4) is 0 Å². The number of hydrogen-bond acceptors (Lipinski definition) is 6. The molecular formula is C21H25N3O5. The zero-order valence-corrected chi connectivity index (χ0v) is 16.9. The summed E-state index contributed by atoms with van der Waals surface area (Å²) in [5, 5.41) is 11.5. The van der Waals surface area contributed by atoms with Gasteiger partial charge in [-0.05, 0) is 12.5 Å². The fourth-order valence-corrected chi connectivity index (χ4v) is 3.54. The first kappa shape index (κ1) is 20.6. The maximum absolute atomic E-state index is 13.0. The highest BCUT2D eigenvalue weighted by molar-refractivity contribution is 5.99. The van der Waals surface area contributed by atoms with Gasteiger partial charge in [0.15, 0.2) is 11.5 Å². The van der Waals surface area contributed by atoms with Gasteiger partial charge < -0.3 is 14.4 Å². The van der Waals surface area contributed by atoms with Crippen LogP contribution < -0.4 is 9.47 Å². The highest BCUT2D eigenvalue weighted by atomic mass is 16.6. The number of benzene rings is 2. The summed E-state index contributed by atoms with van der Waals surface area (Å²) in [6.45, 7) is 5.32. The molecule has 1 heterocycles. The minimum absolute atomic E-state index is 0.0137. The van der Waals surface area contributed by atoms with Gasteiger partial charge in [-0.15, -0.1) is 0 Å². The van der Waals surface area contributed by atoms with Crippen molar-refractivity contribution in [3.8, 4) is 11.5 Å². The number of amides is 1. The van der Waals surface area contributed by atoms with Crippen molar-refractivity contribution >= 4 is 11.6 Å². The first-order valence-electron chi connectivity index (χ1n) is 9.40. The summed E-state index contributed by atoms with van der Waals surface area (Å²) in [4.78, 5) is 27.9. The SMILES string of the molecule is COc1cc(C(=O)N2CCN(Cc3cccc(C)c3)CC2)c([N+](=O)[O-])cc1OC. The lowest BCUT2D eigenvalue weighted by molar-refractivity contribution is -0.385. The maximum atomic E-state index is 13.0. The monoisotopic (exact) mass is 399 g/mol. The number of carbonyl (C=O) groups excluding carboxylic acids is 1. The summed E-state index contributed by atoms with van der Waals surface area (Å²) >= 11 is 0. The van der Waals surface area contributed by atoms with Crippen LogP contribution in [0, 0.1) is 17.0 Å². The molecule has 1 amide bonds. The number of hydrogen-bond donors (Lipinski definition) is 0. The van der Waals surface area contributed by atoms with Crippen LogP contribution in [0.25, 0.3) is 0 Å². The van der Waals surface area contributed by atoms with Gasteiger partial charge in [0.1, 0.15) is 5.56 Å². The zero-order chi connectivity index (χ0) is 21.0. The number of nitro benzene ring substituents is 1. The number of methoxy groups -OCH3 is 2. The van der Waals surface area contributed by atoms with Gasteiger partial charge in [-0.1, -0.05) is 29.8 Å². The molecule has 0 aliphatic carbocycles. The molecule has 0 unspecified atom stereocenters. The highest BCUT2D eigenvalue weighted by Crippen LogP contribution is 2.35. The van der Waals surface area contributed by atoms with Crippen LogP contribution in [0.4, 0.5) is 5.69 Å². The molecule has 0 bridgehead atoms. The average Bonchev–Trinajstić information content (AvgIpc) is 2.72. The Bertz CT molecular complexity index is 907. The molecule has 8 heteroatoms. The van der Waals surface area contributed by atoms with Crippen LogP contribution >= 0.6 is 0 Å². The van der Waals surface area contributed by atoms with Gasteiger partial charge in [0.05, 0.1) is 25.2 Å². The molecule has 0 atom stereocenters. The second-order valence-electron chi connectivity index (χ2n) is 7.04. The van der Waals surface area contributed by atoms with Crippen LogP contribution in [-0.2, 0) is 6.54 Å². The molecule has 0 aromatic heterocycles. The predicted molar refractivity (Wildman–Crippen MR) is 109 cm³/mol. The molecular weight excluding hydrogens is 374 g/mol. The van der Waals surface area contributed by atoms with Gasteiger partial charge in [0.2, 0.25) is 0 Å². The molecule has 3 rings (SSSR count). The zero-order valence-electron chi connectivity index (χ0n) is 16.9. The third kappa shape index (κ3) is 4.65. The Hall–Kier alpha value is -3.13. The van der Waals surface area contributed by atoms with E-state index < -0.39 is 4.92 Å². The Balaban J connectivity index is 1.72. The molecule has 1 aliphatic heterocycles. The van der Waals surface area contributed by atoms with E-state index in [1.54, 1.807) is 4.90 Å². The number of aryl methyl sites for hydroxylation is 1. The normalized spacial score (nSPS) is 14.5. The third-order valence-electron chi connectivity index (χ3n) is 5.08. The van der Waals surface area contributed by atoms with E-state index in [9.17, 15) is 14.9 Å². The van der Waals surface area contributed by atoms with E-state index in [0.29, 0.717) is 31.9 Å². The Morgan fingerprint density at radius 3 is 2.31 bits per heavy atom. The fourth-order valence-electron chi connectivity index (χ4n) is 3.54.